The predicted octanol–water partition coefficient (Wildman–Crippen LogP) is 2.44. The summed E-state index contributed by atoms with van der Waals surface area (Å²) in [6.45, 7) is 2.38. The van der Waals surface area contributed by atoms with Gasteiger partial charge in [-0.1, -0.05) is 26.0 Å². The van der Waals surface area contributed by atoms with Crippen molar-refractivity contribution in [1.82, 2.24) is 0 Å². The van der Waals surface area contributed by atoms with Crippen LogP contribution in [0.1, 0.15) is 19.4 Å². The van der Waals surface area contributed by atoms with Crippen LogP contribution in [0.2, 0.25) is 0 Å². The maximum Gasteiger partial charge on any atom is 0.411 e. The Morgan fingerprint density at radius 2 is 1.81 bits per heavy atom. The Morgan fingerprint density at radius 1 is 1.24 bits per heavy atom. The summed E-state index contributed by atoms with van der Waals surface area (Å²) in [7, 11) is 0. The molecule has 0 fully saturated rings. The third-order valence-electron chi connectivity index (χ3n) is 2.96. The van der Waals surface area contributed by atoms with Crippen molar-refractivity contribution >= 4 is 11.6 Å². The molecule has 1 amide bonds. The first kappa shape index (κ1) is 17.5. The molecule has 1 rings (SSSR count). The van der Waals surface area contributed by atoms with E-state index >= 15 is 0 Å². The third kappa shape index (κ3) is 6.14. The summed E-state index contributed by atoms with van der Waals surface area (Å²) in [5.74, 6) is -0.634. The van der Waals surface area contributed by atoms with E-state index in [1.54, 1.807) is 12.1 Å². The monoisotopic (exact) mass is 304 g/mol. The Labute approximate surface area is 121 Å². The van der Waals surface area contributed by atoms with Crippen LogP contribution in [0, 0.1) is 0 Å². The molecule has 1 aromatic rings. The lowest BCUT2D eigenvalue weighted by molar-refractivity contribution is -0.174. The van der Waals surface area contributed by atoms with Crippen LogP contribution in [0.5, 0.6) is 0 Å². The number of rotatable bonds is 6. The molecule has 0 spiro atoms. The summed E-state index contributed by atoms with van der Waals surface area (Å²) in [6, 6.07) is 6.99. The van der Waals surface area contributed by atoms with Crippen LogP contribution < -0.4 is 11.1 Å². The van der Waals surface area contributed by atoms with Crippen molar-refractivity contribution in [1.29, 1.82) is 0 Å². The van der Waals surface area contributed by atoms with Gasteiger partial charge in [0.15, 0.2) is 0 Å². The van der Waals surface area contributed by atoms with Crippen molar-refractivity contribution in [2.45, 2.75) is 25.4 Å². The van der Waals surface area contributed by atoms with Crippen LogP contribution in [0.15, 0.2) is 24.3 Å². The molecule has 0 aliphatic rings. The van der Waals surface area contributed by atoms with Gasteiger partial charge in [-0.3, -0.25) is 4.79 Å². The number of nitrogens with one attached hydrogen (secondary N) is 1. The van der Waals surface area contributed by atoms with Crippen molar-refractivity contribution < 1.29 is 22.7 Å². The van der Waals surface area contributed by atoms with Crippen LogP contribution >= 0.6 is 0 Å². The molecule has 7 heteroatoms. The summed E-state index contributed by atoms with van der Waals surface area (Å²) in [5.41, 5.74) is 6.99. The number of hydrogen-bond acceptors (Lipinski definition) is 3. The third-order valence-corrected chi connectivity index (χ3v) is 2.96. The van der Waals surface area contributed by atoms with Crippen LogP contribution in [-0.4, -0.2) is 31.8 Å². The number of amides is 1. The molecular formula is C14H19F3N2O2. The van der Waals surface area contributed by atoms with Gasteiger partial charge in [0.05, 0.1) is 0 Å². The first-order valence-corrected chi connectivity index (χ1v) is 6.39. The molecule has 0 saturated heterocycles. The molecule has 1 aromatic carbocycles. The van der Waals surface area contributed by atoms with Crippen LogP contribution in [0.4, 0.5) is 18.9 Å². The Bertz CT molecular complexity index is 470. The fourth-order valence-corrected chi connectivity index (χ4v) is 1.58. The van der Waals surface area contributed by atoms with Gasteiger partial charge in [0.1, 0.15) is 13.2 Å². The molecule has 4 nitrogen and oxygen atoms in total. The van der Waals surface area contributed by atoms with Gasteiger partial charge in [-0.25, -0.2) is 0 Å². The van der Waals surface area contributed by atoms with Gasteiger partial charge in [0, 0.05) is 17.6 Å². The van der Waals surface area contributed by atoms with Crippen LogP contribution in [0.3, 0.4) is 0 Å². The summed E-state index contributed by atoms with van der Waals surface area (Å²) >= 11 is 0. The number of alkyl halides is 3. The van der Waals surface area contributed by atoms with E-state index in [4.69, 9.17) is 5.73 Å². The molecule has 0 bridgehead atoms. The zero-order valence-electron chi connectivity index (χ0n) is 12.0. The molecular weight excluding hydrogens is 285 g/mol. The van der Waals surface area contributed by atoms with E-state index in [2.05, 4.69) is 10.1 Å². The average Bonchev–Trinajstić information content (AvgIpc) is 2.37. The molecule has 0 radical (unpaired) electrons. The molecule has 21 heavy (non-hydrogen) atoms. The molecule has 0 aromatic heterocycles. The Kier molecular flexibility index (Phi) is 5.74. The largest absolute Gasteiger partial charge is 0.411 e. The van der Waals surface area contributed by atoms with E-state index in [9.17, 15) is 18.0 Å². The number of anilines is 1. The van der Waals surface area contributed by atoms with E-state index in [1.807, 2.05) is 26.0 Å². The van der Waals surface area contributed by atoms with E-state index in [0.717, 1.165) is 5.56 Å². The Hall–Kier alpha value is -1.60. The van der Waals surface area contributed by atoms with E-state index in [-0.39, 0.29) is 5.41 Å². The second-order valence-electron chi connectivity index (χ2n) is 5.32. The lowest BCUT2D eigenvalue weighted by Gasteiger charge is -2.23. The maximum atomic E-state index is 11.9. The van der Waals surface area contributed by atoms with Crippen LogP contribution in [0.25, 0.3) is 0 Å². The van der Waals surface area contributed by atoms with Crippen molar-refractivity contribution in [2.24, 2.45) is 5.73 Å². The van der Waals surface area contributed by atoms with Crippen molar-refractivity contribution in [2.75, 3.05) is 25.1 Å². The van der Waals surface area contributed by atoms with Gasteiger partial charge in [0.25, 0.3) is 0 Å². The molecule has 0 unspecified atom stereocenters. The van der Waals surface area contributed by atoms with E-state index in [1.165, 1.54) is 0 Å². The molecule has 0 atom stereocenters. The fourth-order valence-electron chi connectivity index (χ4n) is 1.58. The number of nitrogens with two attached hydrogens (primary N) is 1. The van der Waals surface area contributed by atoms with Gasteiger partial charge in [-0.2, -0.15) is 13.2 Å². The quantitative estimate of drug-likeness (QED) is 0.848. The highest BCUT2D eigenvalue weighted by atomic mass is 19.4. The zero-order chi connectivity index (χ0) is 16.1. The number of halogens is 3. The number of ether oxygens (including phenoxy) is 1. The van der Waals surface area contributed by atoms with E-state index < -0.39 is 25.3 Å². The highest BCUT2D eigenvalue weighted by Crippen LogP contribution is 2.23. The van der Waals surface area contributed by atoms with Gasteiger partial charge >= 0.3 is 6.18 Å². The second-order valence-corrected chi connectivity index (χ2v) is 5.32. The predicted molar refractivity (Wildman–Crippen MR) is 74.0 cm³/mol. The summed E-state index contributed by atoms with van der Waals surface area (Å²) in [4.78, 5) is 11.4. The standard InChI is InChI=1S/C14H19F3N2O2/c1-13(2,8-18)10-3-5-11(6-4-10)19-12(20)7-21-9-14(15,16)17/h3-6H,7-9,18H2,1-2H3,(H,19,20). The minimum Gasteiger partial charge on any atom is -0.362 e. The smallest absolute Gasteiger partial charge is 0.362 e. The van der Waals surface area contributed by atoms with Crippen molar-refractivity contribution in [3.63, 3.8) is 0 Å². The maximum absolute atomic E-state index is 11.9. The molecule has 0 aliphatic heterocycles. The summed E-state index contributed by atoms with van der Waals surface area (Å²) in [5, 5.41) is 2.46. The SMILES string of the molecule is CC(C)(CN)c1ccc(NC(=O)COCC(F)(F)F)cc1. The molecule has 118 valence electrons. The number of carbonyl (C=O) groups is 1. The van der Waals surface area contributed by atoms with Gasteiger partial charge < -0.3 is 15.8 Å². The fraction of sp³-hybridized carbons (Fsp3) is 0.500. The first-order chi connectivity index (χ1) is 9.64. The van der Waals surface area contributed by atoms with E-state index in [0.29, 0.717) is 12.2 Å². The number of benzene rings is 1. The highest BCUT2D eigenvalue weighted by molar-refractivity contribution is 5.91. The summed E-state index contributed by atoms with van der Waals surface area (Å²) < 4.78 is 39.8. The van der Waals surface area contributed by atoms with Crippen molar-refractivity contribution in [3.8, 4) is 0 Å². The molecule has 3 N–H and O–H groups in total. The van der Waals surface area contributed by atoms with Gasteiger partial charge in [-0.15, -0.1) is 0 Å². The first-order valence-electron chi connectivity index (χ1n) is 6.39. The number of carbonyl (C=O) groups excluding carboxylic acids is 1. The lowest BCUT2D eigenvalue weighted by atomic mass is 9.85. The minimum atomic E-state index is -4.43. The normalized spacial score (nSPS) is 12.3. The van der Waals surface area contributed by atoms with Crippen LogP contribution in [-0.2, 0) is 14.9 Å². The minimum absolute atomic E-state index is 0.182. The molecule has 0 heterocycles. The topological polar surface area (TPSA) is 64.3 Å². The number of hydrogen-bond donors (Lipinski definition) is 2. The van der Waals surface area contributed by atoms with Crippen molar-refractivity contribution in [3.05, 3.63) is 29.8 Å². The zero-order valence-corrected chi connectivity index (χ0v) is 12.0. The Morgan fingerprint density at radius 3 is 2.29 bits per heavy atom. The Balaban J connectivity index is 2.50. The van der Waals surface area contributed by atoms with Gasteiger partial charge in [-0.05, 0) is 17.7 Å². The second kappa shape index (κ2) is 6.91. The van der Waals surface area contributed by atoms with Gasteiger partial charge in [0.2, 0.25) is 5.91 Å². The molecule has 0 saturated carbocycles. The highest BCUT2D eigenvalue weighted by Gasteiger charge is 2.27. The summed E-state index contributed by atoms with van der Waals surface area (Å²) in [6.07, 6.45) is -4.43. The molecule has 0 aliphatic carbocycles. The lowest BCUT2D eigenvalue weighted by Crippen LogP contribution is -2.28. The average molecular weight is 304 g/mol.